The van der Waals surface area contributed by atoms with Crippen molar-refractivity contribution in [3.8, 4) is 0 Å². The molecule has 0 spiro atoms. The van der Waals surface area contributed by atoms with Gasteiger partial charge in [0.25, 0.3) is 0 Å². The molecular weight excluding hydrogens is 212 g/mol. The van der Waals surface area contributed by atoms with Crippen LogP contribution in [0.1, 0.15) is 32.9 Å². The SMILES string of the molecule is CCNc1cnc(CN2CC(C)CC2C)cn1. The highest BCUT2D eigenvalue weighted by atomic mass is 15.2. The molecule has 4 nitrogen and oxygen atoms in total. The Hall–Kier alpha value is -1.16. The van der Waals surface area contributed by atoms with Crippen molar-refractivity contribution in [2.75, 3.05) is 18.4 Å². The van der Waals surface area contributed by atoms with Gasteiger partial charge in [0.05, 0.1) is 18.1 Å². The molecule has 0 radical (unpaired) electrons. The van der Waals surface area contributed by atoms with E-state index in [-0.39, 0.29) is 0 Å². The summed E-state index contributed by atoms with van der Waals surface area (Å²) < 4.78 is 0. The van der Waals surface area contributed by atoms with E-state index < -0.39 is 0 Å². The molecule has 17 heavy (non-hydrogen) atoms. The first-order valence-corrected chi connectivity index (χ1v) is 6.48. The summed E-state index contributed by atoms with van der Waals surface area (Å²) in [6, 6.07) is 0.667. The molecule has 1 saturated heterocycles. The van der Waals surface area contributed by atoms with E-state index in [2.05, 4.69) is 41.0 Å². The highest BCUT2D eigenvalue weighted by Crippen LogP contribution is 2.23. The van der Waals surface area contributed by atoms with Gasteiger partial charge in [-0.05, 0) is 26.2 Å². The minimum absolute atomic E-state index is 0.667. The van der Waals surface area contributed by atoms with Crippen LogP contribution < -0.4 is 5.32 Å². The maximum absolute atomic E-state index is 4.45. The minimum atomic E-state index is 0.667. The summed E-state index contributed by atoms with van der Waals surface area (Å²) in [4.78, 5) is 11.3. The number of likely N-dealkylation sites (tertiary alicyclic amines) is 1. The number of anilines is 1. The van der Waals surface area contributed by atoms with Crippen LogP contribution in [0.15, 0.2) is 12.4 Å². The van der Waals surface area contributed by atoms with Crippen LogP contribution in [0.2, 0.25) is 0 Å². The second kappa shape index (κ2) is 5.45. The lowest BCUT2D eigenvalue weighted by molar-refractivity contribution is 0.253. The number of hydrogen-bond donors (Lipinski definition) is 1. The van der Waals surface area contributed by atoms with Gasteiger partial charge in [0, 0.05) is 25.7 Å². The van der Waals surface area contributed by atoms with Gasteiger partial charge in [-0.15, -0.1) is 0 Å². The van der Waals surface area contributed by atoms with Crippen LogP contribution in [0.5, 0.6) is 0 Å². The third kappa shape index (κ3) is 3.16. The summed E-state index contributed by atoms with van der Waals surface area (Å²) in [5.41, 5.74) is 1.06. The molecule has 0 saturated carbocycles. The molecule has 0 bridgehead atoms. The Morgan fingerprint density at radius 3 is 2.71 bits per heavy atom. The van der Waals surface area contributed by atoms with Crippen molar-refractivity contribution in [1.29, 1.82) is 0 Å². The number of aromatic nitrogens is 2. The summed E-state index contributed by atoms with van der Waals surface area (Å²) in [7, 11) is 0. The van der Waals surface area contributed by atoms with E-state index in [1.807, 2.05) is 12.4 Å². The molecule has 1 aromatic rings. The predicted molar refractivity (Wildman–Crippen MR) is 69.8 cm³/mol. The van der Waals surface area contributed by atoms with Crippen molar-refractivity contribution < 1.29 is 0 Å². The highest BCUT2D eigenvalue weighted by Gasteiger charge is 2.26. The normalized spacial score (nSPS) is 25.1. The molecule has 1 aliphatic rings. The van der Waals surface area contributed by atoms with E-state index in [1.165, 1.54) is 13.0 Å². The molecule has 1 fully saturated rings. The quantitative estimate of drug-likeness (QED) is 0.866. The number of nitrogens with one attached hydrogen (secondary N) is 1. The van der Waals surface area contributed by atoms with E-state index in [0.717, 1.165) is 30.5 Å². The highest BCUT2D eigenvalue weighted by molar-refractivity contribution is 5.30. The number of nitrogens with zero attached hydrogens (tertiary/aromatic N) is 3. The summed E-state index contributed by atoms with van der Waals surface area (Å²) in [5, 5.41) is 3.16. The Kier molecular flexibility index (Phi) is 3.94. The zero-order valence-corrected chi connectivity index (χ0v) is 11.0. The van der Waals surface area contributed by atoms with Crippen molar-refractivity contribution in [2.45, 2.75) is 39.8 Å². The monoisotopic (exact) mass is 234 g/mol. The fraction of sp³-hybridized carbons (Fsp3) is 0.692. The van der Waals surface area contributed by atoms with Gasteiger partial charge in [0.15, 0.2) is 0 Å². The summed E-state index contributed by atoms with van der Waals surface area (Å²) in [5.74, 6) is 1.66. The molecule has 2 rings (SSSR count). The van der Waals surface area contributed by atoms with Gasteiger partial charge in [-0.25, -0.2) is 4.98 Å². The summed E-state index contributed by atoms with van der Waals surface area (Å²) in [6.07, 6.45) is 5.00. The average molecular weight is 234 g/mol. The maximum Gasteiger partial charge on any atom is 0.144 e. The first kappa shape index (κ1) is 12.3. The first-order chi connectivity index (χ1) is 8.19. The smallest absolute Gasteiger partial charge is 0.144 e. The molecule has 2 heterocycles. The van der Waals surface area contributed by atoms with Crippen molar-refractivity contribution in [1.82, 2.24) is 14.9 Å². The zero-order chi connectivity index (χ0) is 12.3. The molecule has 0 amide bonds. The maximum atomic E-state index is 4.45. The lowest BCUT2D eigenvalue weighted by Crippen LogP contribution is -2.27. The van der Waals surface area contributed by atoms with Crippen molar-refractivity contribution in [3.63, 3.8) is 0 Å². The van der Waals surface area contributed by atoms with E-state index in [4.69, 9.17) is 0 Å². The lowest BCUT2D eigenvalue weighted by atomic mass is 10.1. The van der Waals surface area contributed by atoms with Gasteiger partial charge >= 0.3 is 0 Å². The zero-order valence-electron chi connectivity index (χ0n) is 11.0. The molecule has 0 aliphatic carbocycles. The molecule has 2 unspecified atom stereocenters. The molecule has 0 aromatic carbocycles. The van der Waals surface area contributed by atoms with Crippen LogP contribution in [0.3, 0.4) is 0 Å². The topological polar surface area (TPSA) is 41.1 Å². The Bertz CT molecular complexity index is 349. The second-order valence-electron chi connectivity index (χ2n) is 5.04. The molecule has 1 aliphatic heterocycles. The Labute approximate surface area is 103 Å². The molecule has 2 atom stereocenters. The van der Waals surface area contributed by atoms with Gasteiger partial charge in [0.2, 0.25) is 0 Å². The molecular formula is C13H22N4. The van der Waals surface area contributed by atoms with Crippen LogP contribution in [0.25, 0.3) is 0 Å². The standard InChI is InChI=1S/C13H22N4/c1-4-14-13-7-15-12(6-16-13)9-17-8-10(2)5-11(17)3/h6-7,10-11H,4-5,8-9H2,1-3H3,(H,14,16). The average Bonchev–Trinajstić information content (AvgIpc) is 2.61. The fourth-order valence-electron chi connectivity index (χ4n) is 2.52. The van der Waals surface area contributed by atoms with Crippen molar-refractivity contribution >= 4 is 5.82 Å². The molecule has 4 heteroatoms. The van der Waals surface area contributed by atoms with Crippen LogP contribution in [0, 0.1) is 5.92 Å². The molecule has 1 N–H and O–H groups in total. The lowest BCUT2D eigenvalue weighted by Gasteiger charge is -2.20. The predicted octanol–water partition coefficient (Wildman–Crippen LogP) is 2.14. The Morgan fingerprint density at radius 1 is 1.35 bits per heavy atom. The minimum Gasteiger partial charge on any atom is -0.369 e. The van der Waals surface area contributed by atoms with E-state index in [9.17, 15) is 0 Å². The van der Waals surface area contributed by atoms with Crippen LogP contribution in [-0.4, -0.2) is 34.0 Å². The fourth-order valence-corrected chi connectivity index (χ4v) is 2.52. The van der Waals surface area contributed by atoms with E-state index in [1.54, 1.807) is 0 Å². The first-order valence-electron chi connectivity index (χ1n) is 6.48. The van der Waals surface area contributed by atoms with E-state index >= 15 is 0 Å². The third-order valence-electron chi connectivity index (χ3n) is 3.34. The second-order valence-corrected chi connectivity index (χ2v) is 5.04. The molecule has 1 aromatic heterocycles. The number of rotatable bonds is 4. The van der Waals surface area contributed by atoms with Crippen LogP contribution in [0.4, 0.5) is 5.82 Å². The molecule has 94 valence electrons. The summed E-state index contributed by atoms with van der Waals surface area (Å²) >= 11 is 0. The van der Waals surface area contributed by atoms with Crippen LogP contribution >= 0.6 is 0 Å². The van der Waals surface area contributed by atoms with Gasteiger partial charge in [-0.2, -0.15) is 0 Å². The van der Waals surface area contributed by atoms with Crippen molar-refractivity contribution in [2.24, 2.45) is 5.92 Å². The Balaban J connectivity index is 1.94. The third-order valence-corrected chi connectivity index (χ3v) is 3.34. The summed E-state index contributed by atoms with van der Waals surface area (Å²) in [6.45, 7) is 9.65. The van der Waals surface area contributed by atoms with Gasteiger partial charge in [-0.3, -0.25) is 9.88 Å². The largest absolute Gasteiger partial charge is 0.369 e. The van der Waals surface area contributed by atoms with Gasteiger partial charge in [-0.1, -0.05) is 6.92 Å². The number of hydrogen-bond acceptors (Lipinski definition) is 4. The van der Waals surface area contributed by atoms with Crippen molar-refractivity contribution in [3.05, 3.63) is 18.1 Å². The van der Waals surface area contributed by atoms with Gasteiger partial charge < -0.3 is 5.32 Å². The van der Waals surface area contributed by atoms with Crippen LogP contribution in [-0.2, 0) is 6.54 Å². The van der Waals surface area contributed by atoms with E-state index in [0.29, 0.717) is 6.04 Å². The Morgan fingerprint density at radius 2 is 2.18 bits per heavy atom. The van der Waals surface area contributed by atoms with Gasteiger partial charge in [0.1, 0.15) is 5.82 Å².